The van der Waals surface area contributed by atoms with Gasteiger partial charge in [-0.3, -0.25) is 0 Å². The molecule has 0 rings (SSSR count). The quantitative estimate of drug-likeness (QED) is 0.289. The van der Waals surface area contributed by atoms with Gasteiger partial charge >= 0.3 is 11.9 Å². The average Bonchev–Trinajstić information content (AvgIpc) is 1.64. The second-order valence-electron chi connectivity index (χ2n) is 1.02. The second-order valence-corrected chi connectivity index (χ2v) is 1.02. The van der Waals surface area contributed by atoms with Crippen molar-refractivity contribution < 1.29 is 19.8 Å². The molecule has 0 spiro atoms. The fourth-order valence-electron chi connectivity index (χ4n) is 0.0915. The van der Waals surface area contributed by atoms with E-state index in [0.29, 0.717) is 0 Å². The van der Waals surface area contributed by atoms with Crippen LogP contribution in [0.1, 0.15) is 0 Å². The number of carboxylic acids is 2. The summed E-state index contributed by atoms with van der Waals surface area (Å²) in [5.41, 5.74) is -1.06. The maximum atomic E-state index is 9.60. The van der Waals surface area contributed by atoms with E-state index >= 15 is 0 Å². The number of carbonyl (C=O) groups is 2. The van der Waals surface area contributed by atoms with Gasteiger partial charge in [-0.15, -0.1) is 0 Å². The van der Waals surface area contributed by atoms with Crippen LogP contribution in [0, 0.1) is 6.58 Å². The summed E-state index contributed by atoms with van der Waals surface area (Å²) in [6, 6.07) is 0. The van der Waals surface area contributed by atoms with E-state index in [2.05, 4.69) is 6.58 Å². The fraction of sp³-hybridized carbons (Fsp3) is 0. The van der Waals surface area contributed by atoms with E-state index in [1.807, 2.05) is 0 Å². The van der Waals surface area contributed by atoms with Crippen LogP contribution < -0.4 is 0 Å². The third-order valence-electron chi connectivity index (χ3n) is 0.461. The van der Waals surface area contributed by atoms with Crippen molar-refractivity contribution in [3.8, 4) is 0 Å². The Morgan fingerprint density at radius 3 is 1.38 bits per heavy atom. The average molecular weight is 115 g/mol. The van der Waals surface area contributed by atoms with Crippen LogP contribution in [0.25, 0.3) is 0 Å². The minimum atomic E-state index is -1.61. The van der Waals surface area contributed by atoms with Crippen LogP contribution >= 0.6 is 0 Å². The maximum Gasteiger partial charge on any atom is 0.343 e. The lowest BCUT2D eigenvalue weighted by molar-refractivity contribution is -0.140. The molecular weight excluding hydrogens is 112 g/mol. The maximum absolute atomic E-state index is 9.60. The van der Waals surface area contributed by atoms with Gasteiger partial charge in [-0.05, 0) is 6.58 Å². The summed E-state index contributed by atoms with van der Waals surface area (Å²) < 4.78 is 0. The molecule has 0 aromatic rings. The highest BCUT2D eigenvalue weighted by molar-refractivity contribution is 6.11. The summed E-state index contributed by atoms with van der Waals surface area (Å²) in [7, 11) is 0. The van der Waals surface area contributed by atoms with Gasteiger partial charge < -0.3 is 10.2 Å². The molecule has 8 heavy (non-hydrogen) atoms. The summed E-state index contributed by atoms with van der Waals surface area (Å²) in [6.45, 7) is 4.48. The third kappa shape index (κ3) is 1.42. The molecule has 0 fully saturated rings. The zero-order valence-corrected chi connectivity index (χ0v) is 3.79. The Kier molecular flexibility index (Phi) is 1.76. The number of hydrogen-bond donors (Lipinski definition) is 2. The standard InChI is InChI=1S/C4H3O4/c1-2(3(5)6)4(7)8/h1H,(H,5,6)(H,7,8). The summed E-state index contributed by atoms with van der Waals surface area (Å²) in [5.74, 6) is -3.23. The zero-order chi connectivity index (χ0) is 6.73. The molecule has 0 unspecified atom stereocenters. The normalized spacial score (nSPS) is 8.00. The minimum Gasteiger partial charge on any atom is -0.477 e. The molecule has 4 nitrogen and oxygen atoms in total. The Morgan fingerprint density at radius 1 is 1.12 bits per heavy atom. The number of carboxylic acid groups (broad SMARTS) is 2. The Labute approximate surface area is 45.1 Å². The molecule has 0 saturated carbocycles. The van der Waals surface area contributed by atoms with Crippen molar-refractivity contribution in [2.45, 2.75) is 0 Å². The van der Waals surface area contributed by atoms with Crippen LogP contribution in [-0.2, 0) is 9.59 Å². The van der Waals surface area contributed by atoms with E-state index < -0.39 is 17.5 Å². The van der Waals surface area contributed by atoms with Gasteiger partial charge in [-0.25, -0.2) is 9.59 Å². The summed E-state index contributed by atoms with van der Waals surface area (Å²) in [6.07, 6.45) is 0. The van der Waals surface area contributed by atoms with E-state index in [0.717, 1.165) is 0 Å². The number of aliphatic carboxylic acids is 2. The predicted octanol–water partition coefficient (Wildman–Crippen LogP) is -0.485. The lowest BCUT2D eigenvalue weighted by atomic mass is 10.3. The van der Waals surface area contributed by atoms with Gasteiger partial charge in [-0.2, -0.15) is 0 Å². The zero-order valence-electron chi connectivity index (χ0n) is 3.79. The number of rotatable bonds is 2. The SMILES string of the molecule is [CH]=C(C(=O)O)C(=O)O. The van der Waals surface area contributed by atoms with Gasteiger partial charge in [0.1, 0.15) is 5.57 Å². The minimum absolute atomic E-state index is 1.06. The Balaban J connectivity index is 4.05. The summed E-state index contributed by atoms with van der Waals surface area (Å²) >= 11 is 0. The molecule has 0 saturated heterocycles. The lowest BCUT2D eigenvalue weighted by Crippen LogP contribution is -2.09. The van der Waals surface area contributed by atoms with Crippen LogP contribution in [0.2, 0.25) is 0 Å². The molecule has 43 valence electrons. The van der Waals surface area contributed by atoms with Crippen LogP contribution in [0.4, 0.5) is 0 Å². The van der Waals surface area contributed by atoms with E-state index in [1.54, 1.807) is 0 Å². The molecule has 0 aliphatic rings. The van der Waals surface area contributed by atoms with E-state index in [1.165, 1.54) is 0 Å². The molecule has 0 aliphatic heterocycles. The second kappa shape index (κ2) is 2.11. The topological polar surface area (TPSA) is 74.6 Å². The smallest absolute Gasteiger partial charge is 0.343 e. The summed E-state index contributed by atoms with van der Waals surface area (Å²) in [5, 5.41) is 15.6. The molecule has 0 aliphatic carbocycles. The molecule has 2 N–H and O–H groups in total. The van der Waals surface area contributed by atoms with Crippen LogP contribution in [0.15, 0.2) is 5.57 Å². The molecule has 0 bridgehead atoms. The first-order chi connectivity index (χ1) is 3.55. The van der Waals surface area contributed by atoms with Gasteiger partial charge in [0.15, 0.2) is 0 Å². The van der Waals surface area contributed by atoms with Gasteiger partial charge in [0.25, 0.3) is 0 Å². The molecule has 4 heteroatoms. The van der Waals surface area contributed by atoms with Crippen molar-refractivity contribution in [3.63, 3.8) is 0 Å². The molecule has 0 aromatic heterocycles. The molecule has 0 heterocycles. The van der Waals surface area contributed by atoms with Crippen LogP contribution in [0.3, 0.4) is 0 Å². The van der Waals surface area contributed by atoms with E-state index in [-0.39, 0.29) is 0 Å². The first-order valence-corrected chi connectivity index (χ1v) is 1.64. The van der Waals surface area contributed by atoms with Crippen molar-refractivity contribution in [2.24, 2.45) is 0 Å². The van der Waals surface area contributed by atoms with E-state index in [9.17, 15) is 9.59 Å². The third-order valence-corrected chi connectivity index (χ3v) is 0.461. The molecule has 0 atom stereocenters. The van der Waals surface area contributed by atoms with Crippen LogP contribution in [-0.4, -0.2) is 22.2 Å². The van der Waals surface area contributed by atoms with Gasteiger partial charge in [-0.1, -0.05) is 0 Å². The van der Waals surface area contributed by atoms with Gasteiger partial charge in [0, 0.05) is 0 Å². The van der Waals surface area contributed by atoms with Gasteiger partial charge in [0.05, 0.1) is 0 Å². The number of hydrogen-bond acceptors (Lipinski definition) is 2. The highest BCUT2D eigenvalue weighted by Gasteiger charge is 2.11. The van der Waals surface area contributed by atoms with Crippen molar-refractivity contribution in [1.82, 2.24) is 0 Å². The predicted molar refractivity (Wildman–Crippen MR) is 23.1 cm³/mol. The summed E-state index contributed by atoms with van der Waals surface area (Å²) in [4.78, 5) is 19.2. The largest absolute Gasteiger partial charge is 0.477 e. The van der Waals surface area contributed by atoms with Crippen molar-refractivity contribution in [2.75, 3.05) is 0 Å². The Hall–Kier alpha value is -1.32. The van der Waals surface area contributed by atoms with Crippen molar-refractivity contribution >= 4 is 11.9 Å². The molecule has 0 aromatic carbocycles. The van der Waals surface area contributed by atoms with Crippen LogP contribution in [0.5, 0.6) is 0 Å². The first-order valence-electron chi connectivity index (χ1n) is 1.64. The first kappa shape index (κ1) is 6.68. The monoisotopic (exact) mass is 115 g/mol. The lowest BCUT2D eigenvalue weighted by Gasteiger charge is -1.85. The Bertz CT molecular complexity index is 130. The molecule has 0 amide bonds. The molecule has 1 radical (unpaired) electrons. The van der Waals surface area contributed by atoms with E-state index in [4.69, 9.17) is 10.2 Å². The Morgan fingerprint density at radius 2 is 1.38 bits per heavy atom. The highest BCUT2D eigenvalue weighted by atomic mass is 16.4. The van der Waals surface area contributed by atoms with Crippen molar-refractivity contribution in [1.29, 1.82) is 0 Å². The van der Waals surface area contributed by atoms with Crippen molar-refractivity contribution in [3.05, 3.63) is 12.2 Å². The van der Waals surface area contributed by atoms with Gasteiger partial charge in [0.2, 0.25) is 0 Å². The fourth-order valence-corrected chi connectivity index (χ4v) is 0.0915. The molecular formula is C4H3O4. The highest BCUT2D eigenvalue weighted by Crippen LogP contribution is 1.86.